The fraction of sp³-hybridized carbons (Fsp3) is 0.462. The lowest BCUT2D eigenvalue weighted by molar-refractivity contribution is -0.137. The Hall–Kier alpha value is -1.35. The van der Waals surface area contributed by atoms with Gasteiger partial charge in [0.2, 0.25) is 0 Å². The van der Waals surface area contributed by atoms with Crippen molar-refractivity contribution in [2.24, 2.45) is 5.92 Å². The smallest absolute Gasteiger partial charge is 0.313 e. The third-order valence-corrected chi connectivity index (χ3v) is 2.28. The molecule has 0 aromatic heterocycles. The van der Waals surface area contributed by atoms with Crippen molar-refractivity contribution in [2.45, 2.75) is 13.8 Å². The molecule has 0 unspecified atom stereocenters. The molecule has 0 heterocycles. The molecule has 0 N–H and O–H groups in total. The van der Waals surface area contributed by atoms with Crippen LogP contribution in [0.5, 0.6) is 5.75 Å². The van der Waals surface area contributed by atoms with E-state index in [1.165, 1.54) is 0 Å². The molecular formula is C13H20NO2+. The van der Waals surface area contributed by atoms with Crippen LogP contribution in [0.2, 0.25) is 0 Å². The van der Waals surface area contributed by atoms with E-state index in [1.54, 1.807) is 6.07 Å². The number of hydrogen-bond acceptors (Lipinski definition) is 2. The number of quaternary nitrogens is 1. The number of rotatable bonds is 3. The number of hydrogen-bond donors (Lipinski definition) is 0. The summed E-state index contributed by atoms with van der Waals surface area (Å²) in [6, 6.07) is 7.63. The van der Waals surface area contributed by atoms with Crippen LogP contribution in [0.15, 0.2) is 24.3 Å². The average molecular weight is 222 g/mol. The molecule has 0 aliphatic heterocycles. The van der Waals surface area contributed by atoms with E-state index in [1.807, 2.05) is 32.0 Å². The van der Waals surface area contributed by atoms with Crippen LogP contribution < -0.4 is 9.22 Å². The lowest BCUT2D eigenvalue weighted by Gasteiger charge is -2.23. The van der Waals surface area contributed by atoms with Crippen molar-refractivity contribution in [3.63, 3.8) is 0 Å². The van der Waals surface area contributed by atoms with Crippen molar-refractivity contribution >= 4 is 11.7 Å². The lowest BCUT2D eigenvalue weighted by atomic mass is 10.2. The largest absolute Gasteiger partial charge is 0.426 e. The summed E-state index contributed by atoms with van der Waals surface area (Å²) >= 11 is 0. The third-order valence-electron chi connectivity index (χ3n) is 2.28. The molecule has 0 aliphatic carbocycles. The van der Waals surface area contributed by atoms with Crippen LogP contribution in [0.4, 0.5) is 5.69 Å². The molecule has 3 nitrogen and oxygen atoms in total. The van der Waals surface area contributed by atoms with Crippen LogP contribution in [0.1, 0.15) is 13.8 Å². The van der Waals surface area contributed by atoms with Gasteiger partial charge in [0.25, 0.3) is 0 Å². The SMILES string of the molecule is CC(C)C(=O)Oc1cccc([N+](C)(C)C)c1. The standard InChI is InChI=1S/C13H20NO2/c1-10(2)13(15)16-12-8-6-7-11(9-12)14(3,4)5/h6-10H,1-5H3/q+1. The molecule has 0 fully saturated rings. The second-order valence-corrected chi connectivity index (χ2v) is 5.09. The first-order valence-electron chi connectivity index (χ1n) is 5.44. The zero-order valence-electron chi connectivity index (χ0n) is 10.7. The Morgan fingerprint density at radius 3 is 2.38 bits per heavy atom. The number of esters is 1. The summed E-state index contributed by atoms with van der Waals surface area (Å²) in [6.07, 6.45) is 0. The van der Waals surface area contributed by atoms with Gasteiger partial charge in [-0.15, -0.1) is 0 Å². The molecule has 0 saturated carbocycles. The van der Waals surface area contributed by atoms with Gasteiger partial charge < -0.3 is 4.74 Å². The van der Waals surface area contributed by atoms with E-state index >= 15 is 0 Å². The number of carbonyl (C=O) groups excluding carboxylic acids is 1. The molecule has 3 heteroatoms. The van der Waals surface area contributed by atoms with Crippen molar-refractivity contribution in [3.8, 4) is 5.75 Å². The molecule has 0 atom stereocenters. The van der Waals surface area contributed by atoms with E-state index in [0.29, 0.717) is 10.2 Å². The summed E-state index contributed by atoms with van der Waals surface area (Å²) in [6.45, 7) is 3.65. The summed E-state index contributed by atoms with van der Waals surface area (Å²) in [4.78, 5) is 11.4. The van der Waals surface area contributed by atoms with Gasteiger partial charge in [-0.05, 0) is 12.1 Å². The molecule has 1 rings (SSSR count). The predicted molar refractivity (Wildman–Crippen MR) is 66.5 cm³/mol. The van der Waals surface area contributed by atoms with Gasteiger partial charge in [0.05, 0.1) is 27.1 Å². The summed E-state index contributed by atoms with van der Waals surface area (Å²) in [5.41, 5.74) is 1.11. The highest BCUT2D eigenvalue weighted by Crippen LogP contribution is 2.23. The second kappa shape index (κ2) is 4.66. The zero-order valence-corrected chi connectivity index (χ0v) is 10.7. The van der Waals surface area contributed by atoms with Gasteiger partial charge in [0.15, 0.2) is 0 Å². The van der Waals surface area contributed by atoms with Gasteiger partial charge in [-0.3, -0.25) is 9.28 Å². The highest BCUT2D eigenvalue weighted by Gasteiger charge is 2.15. The maximum Gasteiger partial charge on any atom is 0.313 e. The van der Waals surface area contributed by atoms with Gasteiger partial charge >= 0.3 is 5.97 Å². The molecule has 0 saturated heterocycles. The Bertz CT molecular complexity index is 378. The highest BCUT2D eigenvalue weighted by molar-refractivity contribution is 5.74. The van der Waals surface area contributed by atoms with Crippen LogP contribution in [-0.2, 0) is 4.79 Å². The summed E-state index contributed by atoms with van der Waals surface area (Å²) in [5, 5.41) is 0. The van der Waals surface area contributed by atoms with Crippen LogP contribution in [0.3, 0.4) is 0 Å². The quantitative estimate of drug-likeness (QED) is 0.446. The van der Waals surface area contributed by atoms with Crippen molar-refractivity contribution in [3.05, 3.63) is 24.3 Å². The Kier molecular flexibility index (Phi) is 3.70. The molecule has 16 heavy (non-hydrogen) atoms. The van der Waals surface area contributed by atoms with Gasteiger partial charge in [-0.25, -0.2) is 0 Å². The monoisotopic (exact) mass is 222 g/mol. The van der Waals surface area contributed by atoms with Crippen molar-refractivity contribution in [1.82, 2.24) is 4.48 Å². The Balaban J connectivity index is 2.88. The normalized spacial score (nSPS) is 11.6. The van der Waals surface area contributed by atoms with Crippen LogP contribution in [0, 0.1) is 5.92 Å². The van der Waals surface area contributed by atoms with E-state index in [9.17, 15) is 4.79 Å². The van der Waals surface area contributed by atoms with Crippen LogP contribution in [0.25, 0.3) is 0 Å². The topological polar surface area (TPSA) is 26.3 Å². The van der Waals surface area contributed by atoms with Gasteiger partial charge in [0, 0.05) is 6.07 Å². The van der Waals surface area contributed by atoms with Crippen LogP contribution in [-0.4, -0.2) is 27.1 Å². The fourth-order valence-electron chi connectivity index (χ4n) is 1.20. The fourth-order valence-corrected chi connectivity index (χ4v) is 1.20. The second-order valence-electron chi connectivity index (χ2n) is 5.09. The zero-order chi connectivity index (χ0) is 12.3. The summed E-state index contributed by atoms with van der Waals surface area (Å²) < 4.78 is 5.96. The minimum absolute atomic E-state index is 0.104. The van der Waals surface area contributed by atoms with E-state index in [0.717, 1.165) is 5.69 Å². The molecule has 1 aromatic carbocycles. The molecule has 0 spiro atoms. The van der Waals surface area contributed by atoms with Crippen molar-refractivity contribution in [1.29, 1.82) is 0 Å². The van der Waals surface area contributed by atoms with Gasteiger partial charge in [-0.1, -0.05) is 19.9 Å². The summed E-state index contributed by atoms with van der Waals surface area (Å²) in [7, 11) is 6.22. The maximum absolute atomic E-state index is 11.4. The summed E-state index contributed by atoms with van der Waals surface area (Å²) in [5.74, 6) is 0.315. The highest BCUT2D eigenvalue weighted by atomic mass is 16.5. The number of ether oxygens (including phenoxy) is 1. The number of benzene rings is 1. The van der Waals surface area contributed by atoms with Crippen molar-refractivity contribution < 1.29 is 9.53 Å². The average Bonchev–Trinajstić information content (AvgIpc) is 2.16. The Labute approximate surface area is 97.2 Å². The minimum atomic E-state index is -0.196. The maximum atomic E-state index is 11.4. The minimum Gasteiger partial charge on any atom is -0.426 e. The molecule has 0 radical (unpaired) electrons. The van der Waals surface area contributed by atoms with Crippen molar-refractivity contribution in [2.75, 3.05) is 21.1 Å². The number of nitrogens with zero attached hydrogens (tertiary/aromatic N) is 1. The Morgan fingerprint density at radius 1 is 1.25 bits per heavy atom. The Morgan fingerprint density at radius 2 is 1.88 bits per heavy atom. The molecular weight excluding hydrogens is 202 g/mol. The van der Waals surface area contributed by atoms with E-state index in [2.05, 4.69) is 21.1 Å². The first-order valence-corrected chi connectivity index (χ1v) is 5.44. The molecule has 1 aromatic rings. The molecule has 0 bridgehead atoms. The molecule has 0 amide bonds. The molecule has 88 valence electrons. The van der Waals surface area contributed by atoms with Gasteiger partial charge in [-0.2, -0.15) is 0 Å². The van der Waals surface area contributed by atoms with E-state index in [-0.39, 0.29) is 11.9 Å². The number of carbonyl (C=O) groups is 1. The van der Waals surface area contributed by atoms with Crippen LogP contribution >= 0.6 is 0 Å². The van der Waals surface area contributed by atoms with E-state index < -0.39 is 0 Å². The first-order chi connectivity index (χ1) is 7.30. The predicted octanol–water partition coefficient (Wildman–Crippen LogP) is 2.44. The third kappa shape index (κ3) is 3.35. The van der Waals surface area contributed by atoms with Gasteiger partial charge in [0.1, 0.15) is 11.4 Å². The molecule has 0 aliphatic rings. The first kappa shape index (κ1) is 12.7. The lowest BCUT2D eigenvalue weighted by Crippen LogP contribution is -2.34. The van der Waals surface area contributed by atoms with E-state index in [4.69, 9.17) is 4.74 Å².